The fourth-order valence-electron chi connectivity index (χ4n) is 2.80. The van der Waals surface area contributed by atoms with Gasteiger partial charge in [0.2, 0.25) is 0 Å². The number of anilines is 1. The van der Waals surface area contributed by atoms with Gasteiger partial charge in [0.1, 0.15) is 0 Å². The fourth-order valence-corrected chi connectivity index (χ4v) is 3.69. The van der Waals surface area contributed by atoms with E-state index in [9.17, 15) is 14.9 Å². The highest BCUT2D eigenvalue weighted by atomic mass is 32.1. The number of non-ortho nitro benzene ring substituents is 1. The molecule has 0 atom stereocenters. The third-order valence-corrected chi connectivity index (χ3v) is 5.10. The Morgan fingerprint density at radius 3 is 2.20 bits per heavy atom. The molecule has 4 rings (SSSR count). The summed E-state index contributed by atoms with van der Waals surface area (Å²) < 4.78 is 0.609. The lowest BCUT2D eigenvalue weighted by Crippen LogP contribution is -2.25. The first kappa shape index (κ1) is 19.2. The Bertz CT molecular complexity index is 1200. The highest BCUT2D eigenvalue weighted by Gasteiger charge is 2.12. The van der Waals surface area contributed by atoms with Crippen LogP contribution in [0.2, 0.25) is 0 Å². The van der Waals surface area contributed by atoms with E-state index in [1.807, 2.05) is 60.7 Å². The lowest BCUT2D eigenvalue weighted by atomic mass is 10.0. The molecule has 0 fully saturated rings. The molecule has 0 aliphatic heterocycles. The van der Waals surface area contributed by atoms with E-state index in [0.717, 1.165) is 22.5 Å². The van der Waals surface area contributed by atoms with Crippen molar-refractivity contribution in [2.45, 2.75) is 0 Å². The molecule has 0 spiro atoms. The number of nitrogens with zero attached hydrogens (tertiary/aromatic N) is 3. The van der Waals surface area contributed by atoms with Gasteiger partial charge in [0, 0.05) is 23.3 Å². The van der Waals surface area contributed by atoms with Crippen molar-refractivity contribution in [1.82, 2.24) is 10.4 Å². The topological polar surface area (TPSA) is 110 Å². The van der Waals surface area contributed by atoms with Crippen LogP contribution in [0.25, 0.3) is 10.2 Å². The SMILES string of the molecule is O=C(NN=C(c1ccccc1)c1ccccc1)Nc1nc2ccc([N+](=O)[O-])cc2s1. The first-order valence-corrected chi connectivity index (χ1v) is 9.72. The third-order valence-electron chi connectivity index (χ3n) is 4.17. The Morgan fingerprint density at radius 2 is 1.60 bits per heavy atom. The van der Waals surface area contributed by atoms with Gasteiger partial charge in [-0.25, -0.2) is 15.2 Å². The molecular weight excluding hydrogens is 402 g/mol. The van der Waals surface area contributed by atoms with Crippen LogP contribution in [0.15, 0.2) is 84.0 Å². The van der Waals surface area contributed by atoms with Crippen molar-refractivity contribution in [3.8, 4) is 0 Å². The van der Waals surface area contributed by atoms with Gasteiger partial charge in [-0.05, 0) is 6.07 Å². The van der Waals surface area contributed by atoms with Gasteiger partial charge in [-0.2, -0.15) is 5.10 Å². The van der Waals surface area contributed by atoms with Crippen LogP contribution < -0.4 is 10.7 Å². The summed E-state index contributed by atoms with van der Waals surface area (Å²) in [5.41, 5.74) is 5.37. The maximum Gasteiger partial charge on any atom is 0.341 e. The summed E-state index contributed by atoms with van der Waals surface area (Å²) in [6, 6.07) is 22.8. The van der Waals surface area contributed by atoms with Crippen LogP contribution in [0, 0.1) is 10.1 Å². The number of carbonyl (C=O) groups is 1. The molecule has 3 aromatic carbocycles. The minimum absolute atomic E-state index is 0.0258. The number of urea groups is 1. The monoisotopic (exact) mass is 417 g/mol. The predicted molar refractivity (Wildman–Crippen MR) is 117 cm³/mol. The minimum Gasteiger partial charge on any atom is -0.282 e. The summed E-state index contributed by atoms with van der Waals surface area (Å²) in [7, 11) is 0. The lowest BCUT2D eigenvalue weighted by molar-refractivity contribution is -0.384. The summed E-state index contributed by atoms with van der Waals surface area (Å²) in [5.74, 6) is 0. The molecule has 0 unspecified atom stereocenters. The van der Waals surface area contributed by atoms with Crippen molar-refractivity contribution in [1.29, 1.82) is 0 Å². The fraction of sp³-hybridized carbons (Fsp3) is 0. The summed E-state index contributed by atoms with van der Waals surface area (Å²) >= 11 is 1.15. The second-order valence-corrected chi connectivity index (χ2v) is 7.22. The van der Waals surface area contributed by atoms with Gasteiger partial charge in [-0.15, -0.1) is 0 Å². The summed E-state index contributed by atoms with van der Waals surface area (Å²) in [6.45, 7) is 0. The Kier molecular flexibility index (Phi) is 5.44. The molecular formula is C21H15N5O3S. The number of nitrogens with one attached hydrogen (secondary N) is 2. The van der Waals surface area contributed by atoms with Crippen molar-refractivity contribution in [3.05, 3.63) is 100 Å². The molecule has 0 radical (unpaired) electrons. The first-order valence-electron chi connectivity index (χ1n) is 8.90. The van der Waals surface area contributed by atoms with E-state index in [4.69, 9.17) is 0 Å². The number of nitro benzene ring substituents is 1. The molecule has 0 aliphatic rings. The molecule has 2 amide bonds. The van der Waals surface area contributed by atoms with Crippen LogP contribution in [0.4, 0.5) is 15.6 Å². The predicted octanol–water partition coefficient (Wildman–Crippen LogP) is 4.78. The molecule has 0 bridgehead atoms. The lowest BCUT2D eigenvalue weighted by Gasteiger charge is -2.08. The standard InChI is InChI=1S/C21H15N5O3S/c27-20(23-21-22-17-12-11-16(26(28)29)13-18(17)30-21)25-24-19(14-7-3-1-4-8-14)15-9-5-2-6-10-15/h1-13H,(H2,22,23,25,27). The van der Waals surface area contributed by atoms with Crippen molar-refractivity contribution in [3.63, 3.8) is 0 Å². The van der Waals surface area contributed by atoms with E-state index in [1.54, 1.807) is 6.07 Å². The van der Waals surface area contributed by atoms with Gasteiger partial charge in [-0.1, -0.05) is 72.0 Å². The molecule has 0 aliphatic carbocycles. The molecule has 2 N–H and O–H groups in total. The molecule has 1 aromatic heterocycles. The van der Waals surface area contributed by atoms with Gasteiger partial charge in [0.15, 0.2) is 5.13 Å². The summed E-state index contributed by atoms with van der Waals surface area (Å²) in [4.78, 5) is 27.1. The zero-order valence-corrected chi connectivity index (χ0v) is 16.3. The number of carbonyl (C=O) groups excluding carboxylic acids is 1. The summed E-state index contributed by atoms with van der Waals surface area (Å²) in [6.07, 6.45) is 0. The number of hydrogen-bond acceptors (Lipinski definition) is 6. The van der Waals surface area contributed by atoms with Crippen LogP contribution in [-0.2, 0) is 0 Å². The minimum atomic E-state index is -0.562. The van der Waals surface area contributed by atoms with Crippen molar-refractivity contribution >= 4 is 44.1 Å². The van der Waals surface area contributed by atoms with Gasteiger partial charge in [0.25, 0.3) is 5.69 Å². The Morgan fingerprint density at radius 1 is 0.967 bits per heavy atom. The summed E-state index contributed by atoms with van der Waals surface area (Å²) in [5, 5.41) is 18.1. The number of aromatic nitrogens is 1. The number of fused-ring (bicyclic) bond motifs is 1. The average molecular weight is 417 g/mol. The number of benzene rings is 3. The van der Waals surface area contributed by atoms with E-state index in [2.05, 4.69) is 20.8 Å². The highest BCUT2D eigenvalue weighted by Crippen LogP contribution is 2.29. The van der Waals surface area contributed by atoms with Gasteiger partial charge in [0.05, 0.1) is 20.9 Å². The Labute approximate surface area is 175 Å². The van der Waals surface area contributed by atoms with E-state index < -0.39 is 11.0 Å². The molecule has 8 nitrogen and oxygen atoms in total. The van der Waals surface area contributed by atoms with E-state index in [1.165, 1.54) is 12.1 Å². The smallest absolute Gasteiger partial charge is 0.282 e. The molecule has 0 saturated heterocycles. The van der Waals surface area contributed by atoms with Gasteiger partial charge < -0.3 is 0 Å². The third kappa shape index (κ3) is 4.31. The van der Waals surface area contributed by atoms with E-state index in [0.29, 0.717) is 21.1 Å². The zero-order chi connectivity index (χ0) is 20.9. The molecule has 9 heteroatoms. The molecule has 0 saturated carbocycles. The maximum atomic E-state index is 12.4. The number of thiazole rings is 1. The number of amides is 2. The molecule has 30 heavy (non-hydrogen) atoms. The van der Waals surface area contributed by atoms with E-state index >= 15 is 0 Å². The quantitative estimate of drug-likeness (QED) is 0.277. The van der Waals surface area contributed by atoms with Crippen LogP contribution in [-0.4, -0.2) is 21.7 Å². The average Bonchev–Trinajstić information content (AvgIpc) is 3.16. The second-order valence-electron chi connectivity index (χ2n) is 6.19. The van der Waals surface area contributed by atoms with Crippen LogP contribution in [0.3, 0.4) is 0 Å². The van der Waals surface area contributed by atoms with Crippen molar-refractivity contribution < 1.29 is 9.72 Å². The molecule has 1 heterocycles. The zero-order valence-electron chi connectivity index (χ0n) is 15.5. The molecule has 4 aromatic rings. The highest BCUT2D eigenvalue weighted by molar-refractivity contribution is 7.22. The van der Waals surface area contributed by atoms with Crippen LogP contribution in [0.5, 0.6) is 0 Å². The second kappa shape index (κ2) is 8.50. The van der Waals surface area contributed by atoms with Gasteiger partial charge in [-0.3, -0.25) is 15.4 Å². The van der Waals surface area contributed by atoms with Crippen LogP contribution in [0.1, 0.15) is 11.1 Å². The number of hydrazone groups is 1. The Hall–Kier alpha value is -4.11. The number of hydrogen-bond donors (Lipinski definition) is 2. The number of rotatable bonds is 5. The van der Waals surface area contributed by atoms with Crippen molar-refractivity contribution in [2.24, 2.45) is 5.10 Å². The first-order chi connectivity index (χ1) is 14.6. The maximum absolute atomic E-state index is 12.4. The van der Waals surface area contributed by atoms with Crippen molar-refractivity contribution in [2.75, 3.05) is 5.32 Å². The number of nitro groups is 1. The molecule has 148 valence electrons. The normalized spacial score (nSPS) is 10.4. The van der Waals surface area contributed by atoms with Crippen LogP contribution >= 0.6 is 11.3 Å². The Balaban J connectivity index is 1.54. The van der Waals surface area contributed by atoms with E-state index in [-0.39, 0.29) is 5.69 Å². The van der Waals surface area contributed by atoms with Gasteiger partial charge >= 0.3 is 6.03 Å². The largest absolute Gasteiger partial charge is 0.341 e.